The third-order valence-corrected chi connectivity index (χ3v) is 5.17. The van der Waals surface area contributed by atoms with Crippen molar-refractivity contribution in [3.05, 3.63) is 101 Å². The number of rotatable bonds is 4. The van der Waals surface area contributed by atoms with E-state index in [4.69, 9.17) is 4.74 Å². The zero-order valence-corrected chi connectivity index (χ0v) is 16.7. The molecule has 1 unspecified atom stereocenters. The maximum absolute atomic E-state index is 13.9. The van der Waals surface area contributed by atoms with Crippen LogP contribution < -0.4 is 9.64 Å². The van der Waals surface area contributed by atoms with E-state index >= 15 is 0 Å². The quantitative estimate of drug-likeness (QED) is 0.362. The van der Waals surface area contributed by atoms with Crippen LogP contribution in [0.2, 0.25) is 0 Å². The van der Waals surface area contributed by atoms with Gasteiger partial charge in [-0.15, -0.1) is 0 Å². The van der Waals surface area contributed by atoms with Crippen LogP contribution in [0.4, 0.5) is 18.9 Å². The van der Waals surface area contributed by atoms with Crippen molar-refractivity contribution in [2.75, 3.05) is 12.0 Å². The van der Waals surface area contributed by atoms with Gasteiger partial charge in [-0.1, -0.05) is 24.3 Å². The Bertz CT molecular complexity index is 1250. The Kier molecular flexibility index (Phi) is 5.44. The topological polar surface area (TPSA) is 66.8 Å². The smallest absolute Gasteiger partial charge is 0.300 e. The minimum atomic E-state index is -1.22. The lowest BCUT2D eigenvalue weighted by Gasteiger charge is -2.25. The van der Waals surface area contributed by atoms with Crippen molar-refractivity contribution in [3.8, 4) is 5.75 Å². The van der Waals surface area contributed by atoms with Gasteiger partial charge in [-0.3, -0.25) is 14.5 Å². The Morgan fingerprint density at radius 3 is 2.28 bits per heavy atom. The molecule has 4 rings (SSSR count). The molecule has 0 bridgehead atoms. The molecule has 1 atom stereocenters. The number of Topliss-reactive ketones (excluding diaryl/α,β-unsaturated/α-hetero) is 1. The maximum Gasteiger partial charge on any atom is 0.300 e. The second-order valence-electron chi connectivity index (χ2n) is 7.02. The predicted molar refractivity (Wildman–Crippen MR) is 111 cm³/mol. The van der Waals surface area contributed by atoms with Crippen LogP contribution in [0.3, 0.4) is 0 Å². The van der Waals surface area contributed by atoms with E-state index in [9.17, 15) is 27.9 Å². The summed E-state index contributed by atoms with van der Waals surface area (Å²) in [4.78, 5) is 26.9. The Morgan fingerprint density at radius 2 is 1.62 bits per heavy atom. The molecule has 32 heavy (non-hydrogen) atoms. The zero-order chi connectivity index (χ0) is 23.0. The first-order chi connectivity index (χ1) is 15.3. The van der Waals surface area contributed by atoms with Crippen LogP contribution in [0.15, 0.2) is 72.3 Å². The van der Waals surface area contributed by atoms with Crippen molar-refractivity contribution < 1.29 is 32.6 Å². The lowest BCUT2D eigenvalue weighted by atomic mass is 9.95. The van der Waals surface area contributed by atoms with E-state index in [0.29, 0.717) is 0 Å². The molecule has 0 radical (unpaired) electrons. The first-order valence-electron chi connectivity index (χ1n) is 9.48. The predicted octanol–water partition coefficient (Wildman–Crippen LogP) is 4.74. The van der Waals surface area contributed by atoms with Crippen LogP contribution in [0.5, 0.6) is 5.75 Å². The summed E-state index contributed by atoms with van der Waals surface area (Å²) < 4.78 is 46.2. The van der Waals surface area contributed by atoms with Gasteiger partial charge in [0, 0.05) is 11.8 Å². The van der Waals surface area contributed by atoms with Gasteiger partial charge >= 0.3 is 0 Å². The van der Waals surface area contributed by atoms with Crippen molar-refractivity contribution >= 4 is 23.1 Å². The fourth-order valence-electron chi connectivity index (χ4n) is 3.68. The SMILES string of the molecule is COc1ccccc1/C(O)=C1\C(=O)C(=O)N(c2ccc(F)c(F)c2)C1c1ccc(F)cc1. The highest BCUT2D eigenvalue weighted by atomic mass is 19.2. The van der Waals surface area contributed by atoms with Crippen molar-refractivity contribution in [2.24, 2.45) is 0 Å². The van der Waals surface area contributed by atoms with Gasteiger partial charge in [-0.05, 0) is 42.0 Å². The number of aliphatic hydroxyl groups is 1. The number of ketones is 1. The van der Waals surface area contributed by atoms with E-state index in [1.54, 1.807) is 18.2 Å². The summed E-state index contributed by atoms with van der Waals surface area (Å²) >= 11 is 0. The lowest BCUT2D eigenvalue weighted by Crippen LogP contribution is -2.29. The van der Waals surface area contributed by atoms with Crippen molar-refractivity contribution in [3.63, 3.8) is 0 Å². The van der Waals surface area contributed by atoms with Crippen LogP contribution in [0.25, 0.3) is 5.76 Å². The molecule has 0 saturated carbocycles. The minimum absolute atomic E-state index is 0.0978. The molecule has 1 fully saturated rings. The Balaban J connectivity index is 1.98. The zero-order valence-electron chi connectivity index (χ0n) is 16.7. The van der Waals surface area contributed by atoms with Crippen LogP contribution in [-0.4, -0.2) is 23.9 Å². The first kappa shape index (κ1) is 21.2. The molecule has 0 aromatic heterocycles. The average Bonchev–Trinajstić information content (AvgIpc) is 3.06. The number of carbonyl (C=O) groups excluding carboxylic acids is 2. The van der Waals surface area contributed by atoms with Crippen molar-refractivity contribution in [1.82, 2.24) is 0 Å². The molecule has 1 aliphatic rings. The third-order valence-electron chi connectivity index (χ3n) is 5.17. The average molecular weight is 439 g/mol. The largest absolute Gasteiger partial charge is 0.507 e. The highest BCUT2D eigenvalue weighted by Crippen LogP contribution is 2.43. The molecule has 0 spiro atoms. The summed E-state index contributed by atoms with van der Waals surface area (Å²) in [5.74, 6) is -5.25. The van der Waals surface area contributed by atoms with Gasteiger partial charge in [-0.2, -0.15) is 0 Å². The fourth-order valence-corrected chi connectivity index (χ4v) is 3.68. The molecule has 3 aromatic rings. The number of carbonyl (C=O) groups is 2. The van der Waals surface area contributed by atoms with Crippen molar-refractivity contribution in [1.29, 1.82) is 0 Å². The van der Waals surface area contributed by atoms with E-state index in [0.717, 1.165) is 35.2 Å². The maximum atomic E-state index is 13.9. The summed E-state index contributed by atoms with van der Waals surface area (Å²) in [6, 6.07) is 12.8. The molecular weight excluding hydrogens is 423 g/mol. The van der Waals surface area contributed by atoms with E-state index in [2.05, 4.69) is 0 Å². The normalized spacial score (nSPS) is 17.6. The van der Waals surface area contributed by atoms with Gasteiger partial charge in [-0.25, -0.2) is 13.2 Å². The third kappa shape index (κ3) is 3.49. The van der Waals surface area contributed by atoms with Gasteiger partial charge in [0.15, 0.2) is 11.6 Å². The van der Waals surface area contributed by atoms with E-state index in [1.165, 1.54) is 25.3 Å². The summed E-state index contributed by atoms with van der Waals surface area (Å²) in [5, 5.41) is 11.1. The number of aliphatic hydroxyl groups excluding tert-OH is 1. The summed E-state index contributed by atoms with van der Waals surface area (Å²) in [6.07, 6.45) is 0. The van der Waals surface area contributed by atoms with Gasteiger partial charge in [0.1, 0.15) is 17.3 Å². The molecule has 0 aliphatic carbocycles. The Labute approximate surface area is 181 Å². The van der Waals surface area contributed by atoms with Crippen molar-refractivity contribution in [2.45, 2.75) is 6.04 Å². The second-order valence-corrected chi connectivity index (χ2v) is 7.02. The molecule has 162 valence electrons. The van der Waals surface area contributed by atoms with E-state index < -0.39 is 40.9 Å². The summed E-state index contributed by atoms with van der Waals surface area (Å²) in [5.41, 5.74) is 0.0485. The number of methoxy groups -OCH3 is 1. The number of halogens is 3. The summed E-state index contributed by atoms with van der Waals surface area (Å²) in [6.45, 7) is 0. The Hall–Kier alpha value is -4.07. The van der Waals surface area contributed by atoms with Crippen LogP contribution in [0, 0.1) is 17.5 Å². The summed E-state index contributed by atoms with van der Waals surface area (Å²) in [7, 11) is 1.38. The van der Waals surface area contributed by atoms with Crippen LogP contribution >= 0.6 is 0 Å². The highest BCUT2D eigenvalue weighted by molar-refractivity contribution is 6.51. The molecule has 1 N–H and O–H groups in total. The number of nitrogens with zero attached hydrogens (tertiary/aromatic N) is 1. The number of hydrogen-bond donors (Lipinski definition) is 1. The molecule has 5 nitrogen and oxygen atoms in total. The first-order valence-corrected chi connectivity index (χ1v) is 9.48. The monoisotopic (exact) mass is 439 g/mol. The molecule has 1 aliphatic heterocycles. The fraction of sp³-hybridized carbons (Fsp3) is 0.0833. The number of amides is 1. The number of benzene rings is 3. The van der Waals surface area contributed by atoms with Gasteiger partial charge in [0.25, 0.3) is 11.7 Å². The molecule has 8 heteroatoms. The van der Waals surface area contributed by atoms with E-state index in [-0.39, 0.29) is 28.1 Å². The molecule has 1 heterocycles. The molecular formula is C24H16F3NO4. The number of anilines is 1. The molecule has 1 saturated heterocycles. The number of hydrogen-bond acceptors (Lipinski definition) is 4. The van der Waals surface area contributed by atoms with Crippen LogP contribution in [0.1, 0.15) is 17.2 Å². The standard InChI is InChI=1S/C24H16F3NO4/c1-32-19-5-3-2-4-16(19)22(29)20-21(13-6-8-14(25)9-7-13)28(24(31)23(20)30)15-10-11-17(26)18(27)12-15/h2-12,21,29H,1H3/b22-20+. The minimum Gasteiger partial charge on any atom is -0.507 e. The number of ether oxygens (including phenoxy) is 1. The highest BCUT2D eigenvalue weighted by Gasteiger charge is 2.47. The van der Waals surface area contributed by atoms with Gasteiger partial charge in [0.2, 0.25) is 0 Å². The Morgan fingerprint density at radius 1 is 0.938 bits per heavy atom. The molecule has 1 amide bonds. The van der Waals surface area contributed by atoms with Crippen LogP contribution in [-0.2, 0) is 9.59 Å². The molecule has 3 aromatic carbocycles. The van der Waals surface area contributed by atoms with E-state index in [1.807, 2.05) is 0 Å². The van der Waals surface area contributed by atoms with Gasteiger partial charge < -0.3 is 9.84 Å². The van der Waals surface area contributed by atoms with Gasteiger partial charge in [0.05, 0.1) is 24.3 Å². The number of para-hydroxylation sites is 1. The second kappa shape index (κ2) is 8.22. The lowest BCUT2D eigenvalue weighted by molar-refractivity contribution is -0.132.